The van der Waals surface area contributed by atoms with Gasteiger partial charge in [0, 0.05) is 13.0 Å². The lowest BCUT2D eigenvalue weighted by molar-refractivity contribution is -0.118. The summed E-state index contributed by atoms with van der Waals surface area (Å²) in [6, 6.07) is 6.94. The van der Waals surface area contributed by atoms with Crippen molar-refractivity contribution >= 4 is 23.3 Å². The molecule has 1 aliphatic heterocycles. The van der Waals surface area contributed by atoms with E-state index in [1.807, 2.05) is 0 Å². The van der Waals surface area contributed by atoms with E-state index in [4.69, 9.17) is 5.73 Å². The number of ketones is 1. The van der Waals surface area contributed by atoms with E-state index >= 15 is 0 Å². The van der Waals surface area contributed by atoms with Gasteiger partial charge in [0.05, 0.1) is 11.3 Å². The maximum Gasteiger partial charge on any atom is 0.299 e. The topological polar surface area (TPSA) is 80.5 Å². The van der Waals surface area contributed by atoms with Crippen LogP contribution in [-0.2, 0) is 9.59 Å². The number of para-hydroxylation sites is 1. The number of benzene rings is 1. The Morgan fingerprint density at radius 2 is 1.89 bits per heavy atom. The minimum absolute atomic E-state index is 0.303. The van der Waals surface area contributed by atoms with Crippen molar-refractivity contribution in [3.8, 4) is 0 Å². The minimum atomic E-state index is -0.490. The Morgan fingerprint density at radius 3 is 2.61 bits per heavy atom. The van der Waals surface area contributed by atoms with Gasteiger partial charge in [-0.05, 0) is 25.0 Å². The molecule has 1 aliphatic rings. The highest BCUT2D eigenvalue weighted by Gasteiger charge is 2.34. The van der Waals surface area contributed by atoms with Crippen molar-refractivity contribution in [2.24, 2.45) is 5.73 Å². The third kappa shape index (κ3) is 2.25. The Kier molecular flexibility index (Phi) is 3.41. The van der Waals surface area contributed by atoms with Gasteiger partial charge in [-0.1, -0.05) is 12.1 Å². The number of nitrogens with zero attached hydrogens (tertiary/aromatic N) is 1. The molecule has 2 amide bonds. The molecule has 1 aromatic carbocycles. The lowest BCUT2D eigenvalue weighted by Crippen LogP contribution is -2.30. The lowest BCUT2D eigenvalue weighted by Gasteiger charge is -2.15. The van der Waals surface area contributed by atoms with Crippen LogP contribution < -0.4 is 10.6 Å². The van der Waals surface area contributed by atoms with E-state index in [9.17, 15) is 14.4 Å². The first-order chi connectivity index (χ1) is 8.61. The molecular weight excluding hydrogens is 232 g/mol. The predicted octanol–water partition coefficient (Wildman–Crippen LogP) is 0.871. The van der Waals surface area contributed by atoms with E-state index in [0.717, 1.165) is 0 Å². The number of amides is 2. The molecule has 0 spiro atoms. The SMILES string of the molecule is NC(=O)CCCCN1C(=O)C(=O)c2ccccc21. The van der Waals surface area contributed by atoms with Gasteiger partial charge in [0.25, 0.3) is 11.7 Å². The zero-order valence-electron chi connectivity index (χ0n) is 9.89. The predicted molar refractivity (Wildman–Crippen MR) is 66.2 cm³/mol. The van der Waals surface area contributed by atoms with Gasteiger partial charge in [-0.3, -0.25) is 14.4 Å². The molecule has 2 rings (SSSR count). The third-order valence-corrected chi connectivity index (χ3v) is 2.93. The van der Waals surface area contributed by atoms with E-state index in [1.165, 1.54) is 4.90 Å². The Balaban J connectivity index is 2.03. The highest BCUT2D eigenvalue weighted by atomic mass is 16.2. The lowest BCUT2D eigenvalue weighted by atomic mass is 10.1. The molecule has 5 nitrogen and oxygen atoms in total. The normalized spacial score (nSPS) is 13.9. The largest absolute Gasteiger partial charge is 0.370 e. The summed E-state index contributed by atoms with van der Waals surface area (Å²) in [5.41, 5.74) is 6.15. The molecule has 0 saturated heterocycles. The molecule has 5 heteroatoms. The van der Waals surface area contributed by atoms with Crippen LogP contribution in [0, 0.1) is 0 Å². The number of carbonyl (C=O) groups excluding carboxylic acids is 3. The summed E-state index contributed by atoms with van der Waals surface area (Å²) in [6.45, 7) is 0.439. The summed E-state index contributed by atoms with van der Waals surface area (Å²) in [7, 11) is 0. The molecule has 94 valence electrons. The first kappa shape index (κ1) is 12.3. The van der Waals surface area contributed by atoms with Crippen molar-refractivity contribution in [2.45, 2.75) is 19.3 Å². The van der Waals surface area contributed by atoms with Crippen molar-refractivity contribution in [1.29, 1.82) is 0 Å². The molecule has 0 bridgehead atoms. The molecule has 18 heavy (non-hydrogen) atoms. The van der Waals surface area contributed by atoms with E-state index in [0.29, 0.717) is 37.1 Å². The molecule has 0 fully saturated rings. The van der Waals surface area contributed by atoms with Crippen molar-refractivity contribution in [2.75, 3.05) is 11.4 Å². The number of anilines is 1. The highest BCUT2D eigenvalue weighted by Crippen LogP contribution is 2.28. The van der Waals surface area contributed by atoms with Crippen LogP contribution in [0.3, 0.4) is 0 Å². The molecule has 0 saturated carbocycles. The molecule has 0 radical (unpaired) electrons. The average molecular weight is 246 g/mol. The van der Waals surface area contributed by atoms with Crippen molar-refractivity contribution < 1.29 is 14.4 Å². The molecular formula is C13H14N2O3. The molecule has 1 heterocycles. The quantitative estimate of drug-likeness (QED) is 0.618. The van der Waals surface area contributed by atoms with Crippen LogP contribution in [0.5, 0.6) is 0 Å². The van der Waals surface area contributed by atoms with Crippen LogP contribution in [0.1, 0.15) is 29.6 Å². The number of hydrogen-bond donors (Lipinski definition) is 1. The summed E-state index contributed by atoms with van der Waals surface area (Å²) in [5.74, 6) is -1.30. The zero-order valence-corrected chi connectivity index (χ0v) is 9.89. The van der Waals surface area contributed by atoms with Crippen LogP contribution >= 0.6 is 0 Å². The second-order valence-corrected chi connectivity index (χ2v) is 4.23. The van der Waals surface area contributed by atoms with Crippen LogP contribution in [-0.4, -0.2) is 24.1 Å². The monoisotopic (exact) mass is 246 g/mol. The number of Topliss-reactive ketones (excluding diaryl/α,β-unsaturated/α-hetero) is 1. The van der Waals surface area contributed by atoms with Gasteiger partial charge in [-0.2, -0.15) is 0 Å². The molecule has 2 N–H and O–H groups in total. The molecule has 0 aliphatic carbocycles. The fourth-order valence-corrected chi connectivity index (χ4v) is 2.04. The van der Waals surface area contributed by atoms with Crippen molar-refractivity contribution in [1.82, 2.24) is 0 Å². The van der Waals surface area contributed by atoms with Gasteiger partial charge in [-0.15, -0.1) is 0 Å². The standard InChI is InChI=1S/C13H14N2O3/c14-11(16)7-3-4-8-15-10-6-2-1-5-9(10)12(17)13(15)18/h1-2,5-6H,3-4,7-8H2,(H2,14,16). The fourth-order valence-electron chi connectivity index (χ4n) is 2.04. The second kappa shape index (κ2) is 5.00. The van der Waals surface area contributed by atoms with Crippen molar-refractivity contribution in [3.05, 3.63) is 29.8 Å². The van der Waals surface area contributed by atoms with Gasteiger partial charge in [0.2, 0.25) is 5.91 Å². The molecule has 0 aromatic heterocycles. The van der Waals surface area contributed by atoms with Gasteiger partial charge in [-0.25, -0.2) is 0 Å². The number of nitrogens with two attached hydrogens (primary N) is 1. The zero-order chi connectivity index (χ0) is 13.1. The number of carbonyl (C=O) groups is 3. The van der Waals surface area contributed by atoms with Gasteiger partial charge >= 0.3 is 0 Å². The smallest absolute Gasteiger partial charge is 0.299 e. The maximum atomic E-state index is 11.8. The van der Waals surface area contributed by atoms with Crippen molar-refractivity contribution in [3.63, 3.8) is 0 Å². The van der Waals surface area contributed by atoms with Crippen LogP contribution in [0.25, 0.3) is 0 Å². The van der Waals surface area contributed by atoms with Gasteiger partial charge in [0.15, 0.2) is 0 Å². The summed E-state index contributed by atoms with van der Waals surface area (Å²) in [6.07, 6.45) is 1.57. The second-order valence-electron chi connectivity index (χ2n) is 4.23. The summed E-state index contributed by atoms with van der Waals surface area (Å²) >= 11 is 0. The third-order valence-electron chi connectivity index (χ3n) is 2.93. The van der Waals surface area contributed by atoms with Gasteiger partial charge < -0.3 is 10.6 Å². The Morgan fingerprint density at radius 1 is 1.17 bits per heavy atom. The molecule has 0 unspecified atom stereocenters. The summed E-state index contributed by atoms with van der Waals surface area (Å²) in [4.78, 5) is 35.5. The summed E-state index contributed by atoms with van der Waals surface area (Å²) < 4.78 is 0. The van der Waals surface area contributed by atoms with E-state index < -0.39 is 11.7 Å². The van der Waals surface area contributed by atoms with E-state index in [1.54, 1.807) is 24.3 Å². The molecule has 1 aromatic rings. The molecule has 0 atom stereocenters. The first-order valence-corrected chi connectivity index (χ1v) is 5.85. The number of primary amides is 1. The van der Waals surface area contributed by atoms with E-state index in [-0.39, 0.29) is 5.91 Å². The van der Waals surface area contributed by atoms with E-state index in [2.05, 4.69) is 0 Å². The fraction of sp³-hybridized carbons (Fsp3) is 0.308. The van der Waals surface area contributed by atoms with Crippen LogP contribution in [0.4, 0.5) is 5.69 Å². The Labute approximate surface area is 105 Å². The number of fused-ring (bicyclic) bond motifs is 1. The van der Waals surface area contributed by atoms with Gasteiger partial charge in [0.1, 0.15) is 0 Å². The minimum Gasteiger partial charge on any atom is -0.370 e. The number of unbranched alkanes of at least 4 members (excludes halogenated alkanes) is 1. The average Bonchev–Trinajstić information content (AvgIpc) is 2.59. The Bertz CT molecular complexity index is 511. The maximum absolute atomic E-state index is 11.8. The number of hydrogen-bond acceptors (Lipinski definition) is 3. The van der Waals surface area contributed by atoms with Crippen LogP contribution in [0.2, 0.25) is 0 Å². The summed E-state index contributed by atoms with van der Waals surface area (Å²) in [5, 5.41) is 0. The first-order valence-electron chi connectivity index (χ1n) is 5.85. The highest BCUT2D eigenvalue weighted by molar-refractivity contribution is 6.52. The van der Waals surface area contributed by atoms with Crippen LogP contribution in [0.15, 0.2) is 24.3 Å². The number of rotatable bonds is 5. The Hall–Kier alpha value is -2.17.